The zero-order valence-electron chi connectivity index (χ0n) is 17.9. The van der Waals surface area contributed by atoms with Gasteiger partial charge in [0.2, 0.25) is 0 Å². The van der Waals surface area contributed by atoms with Crippen molar-refractivity contribution in [2.75, 3.05) is 18.4 Å². The first-order valence-corrected chi connectivity index (χ1v) is 10.6. The highest BCUT2D eigenvalue weighted by molar-refractivity contribution is 6.30. The molecule has 1 amide bonds. The van der Waals surface area contributed by atoms with Crippen molar-refractivity contribution in [2.45, 2.75) is 39.0 Å². The molecule has 0 saturated carbocycles. The van der Waals surface area contributed by atoms with Gasteiger partial charge in [-0.2, -0.15) is 10.2 Å². The topological polar surface area (TPSA) is 98.1 Å². The summed E-state index contributed by atoms with van der Waals surface area (Å²) in [5.41, 5.74) is 1.42. The van der Waals surface area contributed by atoms with Crippen LogP contribution in [-0.2, 0) is 4.74 Å². The van der Waals surface area contributed by atoms with Crippen molar-refractivity contribution in [3.05, 3.63) is 59.0 Å². The van der Waals surface area contributed by atoms with E-state index in [9.17, 15) is 9.18 Å². The maximum atomic E-state index is 14.2. The van der Waals surface area contributed by atoms with Crippen molar-refractivity contribution in [2.24, 2.45) is 0 Å². The van der Waals surface area contributed by atoms with Crippen LogP contribution in [0.1, 0.15) is 30.0 Å². The maximum absolute atomic E-state index is 14.2. The Labute approximate surface area is 189 Å². The van der Waals surface area contributed by atoms with E-state index >= 15 is 0 Å². The average molecular weight is 460 g/mol. The van der Waals surface area contributed by atoms with Crippen LogP contribution in [0.4, 0.5) is 10.2 Å². The predicted octanol–water partition coefficient (Wildman–Crippen LogP) is 2.89. The zero-order chi connectivity index (χ0) is 22.8. The number of ether oxygens (including phenoxy) is 1. The summed E-state index contributed by atoms with van der Waals surface area (Å²) in [6, 6.07) is 4.36. The molecule has 1 aliphatic rings. The molecule has 168 valence electrons. The van der Waals surface area contributed by atoms with Crippen molar-refractivity contribution in [3.8, 4) is 5.69 Å². The molecule has 1 saturated heterocycles. The highest BCUT2D eigenvalue weighted by Crippen LogP contribution is 2.24. The van der Waals surface area contributed by atoms with Crippen LogP contribution in [0.5, 0.6) is 0 Å². The molecule has 3 atom stereocenters. The molecule has 3 aromatic heterocycles. The van der Waals surface area contributed by atoms with Crippen LogP contribution in [0.3, 0.4) is 0 Å². The molecule has 11 heteroatoms. The minimum absolute atomic E-state index is 0.0581. The molecule has 3 aromatic rings. The third-order valence-electron chi connectivity index (χ3n) is 5.24. The Kier molecular flexibility index (Phi) is 6.33. The molecule has 3 unspecified atom stereocenters. The van der Waals surface area contributed by atoms with Crippen LogP contribution >= 0.6 is 11.6 Å². The molecule has 9 nitrogen and oxygen atoms in total. The van der Waals surface area contributed by atoms with E-state index in [-0.39, 0.29) is 41.2 Å². The molecular formula is C21H23ClFN7O2. The van der Waals surface area contributed by atoms with Crippen LogP contribution in [0, 0.1) is 12.7 Å². The number of hydrogen-bond donors (Lipinski definition) is 1. The number of carbonyl (C=O) groups excluding carboxylic acids is 1. The first-order chi connectivity index (χ1) is 15.3. The molecule has 4 heterocycles. The van der Waals surface area contributed by atoms with Gasteiger partial charge in [-0.1, -0.05) is 11.6 Å². The van der Waals surface area contributed by atoms with Crippen molar-refractivity contribution in [1.29, 1.82) is 0 Å². The first kappa shape index (κ1) is 22.1. The van der Waals surface area contributed by atoms with Gasteiger partial charge >= 0.3 is 0 Å². The predicted molar refractivity (Wildman–Crippen MR) is 116 cm³/mol. The number of pyridine rings is 2. The Balaban J connectivity index is 1.64. The molecule has 4 rings (SSSR count). The lowest BCUT2D eigenvalue weighted by Crippen LogP contribution is -2.58. The third-order valence-corrected chi connectivity index (χ3v) is 5.45. The Hall–Kier alpha value is -3.11. The van der Waals surface area contributed by atoms with E-state index in [2.05, 4.69) is 25.5 Å². The summed E-state index contributed by atoms with van der Waals surface area (Å²) in [5.74, 6) is -0.789. The van der Waals surface area contributed by atoms with Gasteiger partial charge in [-0.3, -0.25) is 4.79 Å². The van der Waals surface area contributed by atoms with Crippen LogP contribution in [-0.4, -0.2) is 67.1 Å². The number of amides is 1. The minimum Gasteiger partial charge on any atom is -0.372 e. The lowest BCUT2D eigenvalue weighted by Gasteiger charge is -2.42. The monoisotopic (exact) mass is 459 g/mol. The Morgan fingerprint density at radius 2 is 2.06 bits per heavy atom. The fourth-order valence-corrected chi connectivity index (χ4v) is 3.91. The molecule has 0 aromatic carbocycles. The summed E-state index contributed by atoms with van der Waals surface area (Å²) in [7, 11) is 0. The number of aromatic nitrogens is 5. The van der Waals surface area contributed by atoms with Gasteiger partial charge in [-0.05, 0) is 39.0 Å². The highest BCUT2D eigenvalue weighted by atomic mass is 35.5. The SMILES string of the molecule is Cc1ccc(-n2nccn2)c(C(=O)N2CC(C)OC(C)C2CNc2ncc(Cl)cc2F)n1. The van der Waals surface area contributed by atoms with Crippen molar-refractivity contribution in [3.63, 3.8) is 0 Å². The number of halogens is 2. The van der Waals surface area contributed by atoms with Crippen LogP contribution in [0.2, 0.25) is 5.02 Å². The molecule has 1 fully saturated rings. The van der Waals surface area contributed by atoms with Gasteiger partial charge in [0.15, 0.2) is 17.3 Å². The van der Waals surface area contributed by atoms with Gasteiger partial charge in [-0.15, -0.1) is 4.80 Å². The fraction of sp³-hybridized carbons (Fsp3) is 0.381. The second kappa shape index (κ2) is 9.17. The summed E-state index contributed by atoms with van der Waals surface area (Å²) < 4.78 is 20.2. The number of aryl methyl sites for hydroxylation is 1. The first-order valence-electron chi connectivity index (χ1n) is 10.2. The van der Waals surface area contributed by atoms with E-state index in [1.165, 1.54) is 29.5 Å². The summed E-state index contributed by atoms with van der Waals surface area (Å²) in [6.07, 6.45) is 3.95. The molecular weight excluding hydrogens is 437 g/mol. The number of anilines is 1. The molecule has 0 bridgehead atoms. The molecule has 0 aliphatic carbocycles. The number of carbonyl (C=O) groups is 1. The zero-order valence-corrected chi connectivity index (χ0v) is 18.6. The second-order valence-corrected chi connectivity index (χ2v) is 8.12. The Morgan fingerprint density at radius 1 is 1.31 bits per heavy atom. The quantitative estimate of drug-likeness (QED) is 0.626. The lowest BCUT2D eigenvalue weighted by molar-refractivity contribution is -0.0880. The van der Waals surface area contributed by atoms with Gasteiger partial charge in [-0.25, -0.2) is 14.4 Å². The van der Waals surface area contributed by atoms with Crippen molar-refractivity contribution >= 4 is 23.3 Å². The number of morpholine rings is 1. The summed E-state index contributed by atoms with van der Waals surface area (Å²) in [4.78, 5) is 25.3. The third kappa shape index (κ3) is 4.56. The molecule has 32 heavy (non-hydrogen) atoms. The van der Waals surface area contributed by atoms with Crippen molar-refractivity contribution < 1.29 is 13.9 Å². The molecule has 0 spiro atoms. The molecule has 1 N–H and O–H groups in total. The van der Waals surface area contributed by atoms with E-state index in [0.717, 1.165) is 0 Å². The normalized spacial score (nSPS) is 20.9. The van der Waals surface area contributed by atoms with E-state index in [1.807, 2.05) is 20.8 Å². The van der Waals surface area contributed by atoms with Crippen LogP contribution < -0.4 is 5.32 Å². The maximum Gasteiger partial charge on any atom is 0.275 e. The minimum atomic E-state index is -0.569. The van der Waals surface area contributed by atoms with Gasteiger partial charge in [0.1, 0.15) is 5.69 Å². The standard InChI is InChI=1S/C21H23ClFN7O2/c1-12-4-5-17(30-26-6-7-27-30)19(28-12)21(31)29-11-13(2)32-14(3)18(29)10-25-20-16(23)8-15(22)9-24-20/h4-9,13-14,18H,10-11H2,1-3H3,(H,24,25). The highest BCUT2D eigenvalue weighted by Gasteiger charge is 2.37. The largest absolute Gasteiger partial charge is 0.372 e. The number of rotatable bonds is 5. The van der Waals surface area contributed by atoms with E-state index < -0.39 is 11.9 Å². The second-order valence-electron chi connectivity index (χ2n) is 7.68. The Bertz CT molecular complexity index is 1110. The summed E-state index contributed by atoms with van der Waals surface area (Å²) >= 11 is 5.79. The summed E-state index contributed by atoms with van der Waals surface area (Å²) in [5, 5.41) is 11.5. The van der Waals surface area contributed by atoms with E-state index in [4.69, 9.17) is 16.3 Å². The van der Waals surface area contributed by atoms with Gasteiger partial charge in [0.05, 0.1) is 35.7 Å². The van der Waals surface area contributed by atoms with Gasteiger partial charge in [0.25, 0.3) is 5.91 Å². The average Bonchev–Trinajstić information content (AvgIpc) is 3.28. The molecule has 0 radical (unpaired) electrons. The van der Waals surface area contributed by atoms with Crippen molar-refractivity contribution in [1.82, 2.24) is 29.9 Å². The van der Waals surface area contributed by atoms with E-state index in [0.29, 0.717) is 17.9 Å². The molecule has 1 aliphatic heterocycles. The van der Waals surface area contributed by atoms with E-state index in [1.54, 1.807) is 17.0 Å². The lowest BCUT2D eigenvalue weighted by atomic mass is 10.0. The van der Waals surface area contributed by atoms with Crippen LogP contribution in [0.25, 0.3) is 5.69 Å². The fourth-order valence-electron chi connectivity index (χ4n) is 3.77. The van der Waals surface area contributed by atoms with Crippen LogP contribution in [0.15, 0.2) is 36.8 Å². The number of hydrogen-bond acceptors (Lipinski definition) is 7. The smallest absolute Gasteiger partial charge is 0.275 e. The summed E-state index contributed by atoms with van der Waals surface area (Å²) in [6.45, 7) is 6.18. The Morgan fingerprint density at radius 3 is 2.78 bits per heavy atom. The van der Waals surface area contributed by atoms with Gasteiger partial charge in [0, 0.05) is 25.0 Å². The van der Waals surface area contributed by atoms with Gasteiger partial charge < -0.3 is 15.0 Å². The number of nitrogens with one attached hydrogen (secondary N) is 1. The number of nitrogens with zero attached hydrogens (tertiary/aromatic N) is 6.